The molecule has 1 saturated heterocycles. The summed E-state index contributed by atoms with van der Waals surface area (Å²) in [4.78, 5) is 32.6. The number of carbonyl (C=O) groups is 1. The van der Waals surface area contributed by atoms with E-state index in [0.717, 1.165) is 11.3 Å². The summed E-state index contributed by atoms with van der Waals surface area (Å²) in [7, 11) is 0. The van der Waals surface area contributed by atoms with Crippen molar-refractivity contribution >= 4 is 56.0 Å². The van der Waals surface area contributed by atoms with Gasteiger partial charge in [-0.3, -0.25) is 4.90 Å². The van der Waals surface area contributed by atoms with Gasteiger partial charge in [0.15, 0.2) is 11.5 Å². The second-order valence-corrected chi connectivity index (χ2v) is 10.1. The fourth-order valence-corrected chi connectivity index (χ4v) is 5.24. The van der Waals surface area contributed by atoms with Crippen LogP contribution in [0.1, 0.15) is 5.56 Å². The van der Waals surface area contributed by atoms with Crippen LogP contribution in [-0.4, -0.2) is 83.0 Å². The van der Waals surface area contributed by atoms with E-state index in [4.69, 9.17) is 9.72 Å². The zero-order valence-corrected chi connectivity index (χ0v) is 22.9. The third-order valence-corrected chi connectivity index (χ3v) is 7.29. The topological polar surface area (TPSA) is 154 Å². The molecule has 1 aliphatic rings. The molecule has 204 valence electrons. The second-order valence-electron chi connectivity index (χ2n) is 9.27. The van der Waals surface area contributed by atoms with Gasteiger partial charge in [0, 0.05) is 37.6 Å². The van der Waals surface area contributed by atoms with Crippen molar-refractivity contribution in [1.82, 2.24) is 34.4 Å². The molecule has 0 unspecified atom stereocenters. The van der Waals surface area contributed by atoms with E-state index in [1.807, 2.05) is 48.2 Å². The third kappa shape index (κ3) is 4.94. The zero-order chi connectivity index (χ0) is 27.8. The van der Waals surface area contributed by atoms with Crippen molar-refractivity contribution in [1.29, 1.82) is 0 Å². The van der Waals surface area contributed by atoms with Gasteiger partial charge in [-0.15, -0.1) is 0 Å². The number of hydrogen-bond donors (Lipinski definition) is 3. The minimum absolute atomic E-state index is 0.254. The van der Waals surface area contributed by atoms with Crippen LogP contribution in [0.3, 0.4) is 0 Å². The highest BCUT2D eigenvalue weighted by Crippen LogP contribution is 2.33. The second kappa shape index (κ2) is 10.5. The van der Waals surface area contributed by atoms with Crippen LogP contribution in [-0.2, 0) is 0 Å². The number of rotatable bonds is 6. The molecule has 5 aromatic rings. The van der Waals surface area contributed by atoms with Crippen molar-refractivity contribution in [3.8, 4) is 11.5 Å². The molecule has 14 heteroatoms. The number of piperazine rings is 1. The predicted molar refractivity (Wildman–Crippen MR) is 150 cm³/mol. The smallest absolute Gasteiger partial charge is 0.407 e. The third-order valence-electron chi connectivity index (χ3n) is 6.70. The number of hydrogen-bond acceptors (Lipinski definition) is 10. The Hall–Kier alpha value is -4.56. The van der Waals surface area contributed by atoms with Gasteiger partial charge in [0.25, 0.3) is 0 Å². The number of amides is 1. The Balaban J connectivity index is 1.25. The number of anilines is 3. The molecule has 0 radical (unpaired) electrons. The summed E-state index contributed by atoms with van der Waals surface area (Å²) in [6, 6.07) is 10.7. The first kappa shape index (κ1) is 25.7. The van der Waals surface area contributed by atoms with Gasteiger partial charge in [-0.25, -0.2) is 29.2 Å². The van der Waals surface area contributed by atoms with E-state index < -0.39 is 12.1 Å². The van der Waals surface area contributed by atoms with Crippen molar-refractivity contribution in [3.63, 3.8) is 0 Å². The van der Waals surface area contributed by atoms with Crippen molar-refractivity contribution < 1.29 is 19.7 Å². The maximum atomic E-state index is 11.5. The van der Waals surface area contributed by atoms with E-state index in [0.29, 0.717) is 57.4 Å². The number of aliphatic hydroxyl groups excluding tert-OH is 1. The molecule has 4 aromatic heterocycles. The van der Waals surface area contributed by atoms with E-state index in [9.17, 15) is 15.0 Å². The van der Waals surface area contributed by atoms with E-state index in [1.54, 1.807) is 10.7 Å². The Morgan fingerprint density at radius 1 is 1.15 bits per heavy atom. The Morgan fingerprint density at radius 3 is 2.83 bits per heavy atom. The van der Waals surface area contributed by atoms with E-state index >= 15 is 0 Å². The number of aryl methyl sites for hydroxylation is 1. The first-order chi connectivity index (χ1) is 19.4. The van der Waals surface area contributed by atoms with Gasteiger partial charge < -0.3 is 25.2 Å². The fourth-order valence-electron chi connectivity index (χ4n) is 4.69. The summed E-state index contributed by atoms with van der Waals surface area (Å²) >= 11 is 3.59. The summed E-state index contributed by atoms with van der Waals surface area (Å²) in [6.45, 7) is 2.67. The summed E-state index contributed by atoms with van der Waals surface area (Å²) in [5.74, 6) is 2.50. The number of pyridine rings is 2. The van der Waals surface area contributed by atoms with Gasteiger partial charge in [-0.1, -0.05) is 0 Å². The molecule has 0 spiro atoms. The number of nitrogens with one attached hydrogen (secondary N) is 1. The number of fused-ring (bicyclic) bond motifs is 2. The normalized spacial score (nSPS) is 15.5. The molecule has 1 fully saturated rings. The zero-order valence-electron chi connectivity index (χ0n) is 21.3. The van der Waals surface area contributed by atoms with Crippen LogP contribution in [0.25, 0.3) is 16.7 Å². The highest BCUT2D eigenvalue weighted by Gasteiger charge is 2.31. The minimum Gasteiger partial charge on any atom is -0.465 e. The van der Waals surface area contributed by atoms with Gasteiger partial charge in [-0.2, -0.15) is 5.10 Å². The first-order valence-corrected chi connectivity index (χ1v) is 13.2. The van der Waals surface area contributed by atoms with Crippen LogP contribution < -0.4 is 15.0 Å². The maximum absolute atomic E-state index is 11.5. The molecule has 1 amide bonds. The van der Waals surface area contributed by atoms with Crippen LogP contribution in [0, 0.1) is 6.92 Å². The molecule has 0 bridgehead atoms. The lowest BCUT2D eigenvalue weighted by molar-refractivity contribution is 0.0909. The van der Waals surface area contributed by atoms with Crippen molar-refractivity contribution in [2.24, 2.45) is 0 Å². The number of nitrogens with zero attached hydrogens (tertiary/aromatic N) is 8. The van der Waals surface area contributed by atoms with Gasteiger partial charge in [0.1, 0.15) is 35.5 Å². The average molecular weight is 606 g/mol. The minimum atomic E-state index is -1.05. The molecule has 5 heterocycles. The number of aromatic nitrogens is 6. The summed E-state index contributed by atoms with van der Waals surface area (Å²) in [6.07, 6.45) is 3.70. The summed E-state index contributed by atoms with van der Waals surface area (Å²) < 4.78 is 8.46. The fraction of sp³-hybridized carbons (Fsp3) is 0.231. The molecule has 6 rings (SSSR count). The standard InChI is InChI=1S/C26H24BrN9O4/c1-15-8-16(2-3-21(15)40-18-4-5-36-22(9-18)29-14-31-36)32-24-23-20(28-13-30-24)10-19(27)25(33-23)34-6-7-35(26(38)39)17(11-34)12-37/h2-5,8-10,13-14,17,37H,6-7,11-12H2,1H3,(H,38,39)(H,28,30,32)/t17-/m1/s1. The van der Waals surface area contributed by atoms with Crippen LogP contribution >= 0.6 is 15.9 Å². The highest BCUT2D eigenvalue weighted by atomic mass is 79.9. The Morgan fingerprint density at radius 2 is 2.02 bits per heavy atom. The van der Waals surface area contributed by atoms with Gasteiger partial charge in [-0.05, 0) is 58.7 Å². The van der Waals surface area contributed by atoms with Crippen molar-refractivity contribution in [2.45, 2.75) is 13.0 Å². The lowest BCUT2D eigenvalue weighted by Gasteiger charge is -2.40. The molecule has 0 aliphatic carbocycles. The van der Waals surface area contributed by atoms with Gasteiger partial charge in [0.05, 0.1) is 22.6 Å². The van der Waals surface area contributed by atoms with E-state index in [2.05, 4.69) is 41.3 Å². The van der Waals surface area contributed by atoms with Crippen LogP contribution in [0.2, 0.25) is 0 Å². The SMILES string of the molecule is Cc1cc(Nc2ncnc3cc(Br)c(N4CCN(C(=O)O)[C@@H](CO)C4)nc23)ccc1Oc1ccn2ncnc2c1. The Kier molecular flexibility index (Phi) is 6.77. The average Bonchev–Trinajstić information content (AvgIpc) is 3.42. The molecule has 40 heavy (non-hydrogen) atoms. The van der Waals surface area contributed by atoms with Crippen LogP contribution in [0.15, 0.2) is 59.7 Å². The molecule has 3 N–H and O–H groups in total. The maximum Gasteiger partial charge on any atom is 0.407 e. The Bertz CT molecular complexity index is 1730. The number of halogens is 1. The Labute approximate surface area is 236 Å². The number of carboxylic acid groups (broad SMARTS) is 1. The van der Waals surface area contributed by atoms with Crippen molar-refractivity contribution in [3.05, 3.63) is 65.3 Å². The molecular weight excluding hydrogens is 582 g/mol. The molecule has 1 aliphatic heterocycles. The first-order valence-electron chi connectivity index (χ1n) is 12.4. The molecule has 0 saturated carbocycles. The molecular formula is C26H24BrN9O4. The quantitative estimate of drug-likeness (QED) is 0.258. The summed E-state index contributed by atoms with van der Waals surface area (Å²) in [5, 5.41) is 26.7. The van der Waals surface area contributed by atoms with Crippen LogP contribution in [0.4, 0.5) is 22.1 Å². The van der Waals surface area contributed by atoms with Crippen molar-refractivity contribution in [2.75, 3.05) is 36.5 Å². The lowest BCUT2D eigenvalue weighted by Crippen LogP contribution is -2.56. The van der Waals surface area contributed by atoms with E-state index in [1.165, 1.54) is 17.6 Å². The van der Waals surface area contributed by atoms with Gasteiger partial charge >= 0.3 is 6.09 Å². The summed E-state index contributed by atoms with van der Waals surface area (Å²) in [5.41, 5.74) is 3.59. The largest absolute Gasteiger partial charge is 0.465 e. The van der Waals surface area contributed by atoms with Crippen LogP contribution in [0.5, 0.6) is 11.5 Å². The number of ether oxygens (including phenoxy) is 1. The predicted octanol–water partition coefficient (Wildman–Crippen LogP) is 3.84. The number of benzene rings is 1. The highest BCUT2D eigenvalue weighted by molar-refractivity contribution is 9.10. The molecule has 1 aromatic carbocycles. The monoisotopic (exact) mass is 605 g/mol. The van der Waals surface area contributed by atoms with Gasteiger partial charge in [0.2, 0.25) is 0 Å². The molecule has 13 nitrogen and oxygen atoms in total. The number of aliphatic hydroxyl groups is 1. The van der Waals surface area contributed by atoms with E-state index in [-0.39, 0.29) is 13.2 Å². The molecule has 1 atom stereocenters. The lowest BCUT2D eigenvalue weighted by atomic mass is 10.2.